The second-order valence-electron chi connectivity index (χ2n) is 3.13. The predicted octanol–water partition coefficient (Wildman–Crippen LogP) is 1.48. The van der Waals surface area contributed by atoms with Crippen molar-refractivity contribution in [1.82, 2.24) is 4.90 Å². The van der Waals surface area contributed by atoms with E-state index in [1.54, 1.807) is 0 Å². The zero-order valence-corrected chi connectivity index (χ0v) is 10.1. The molecule has 0 aromatic rings. The van der Waals surface area contributed by atoms with Crippen LogP contribution < -0.4 is 0 Å². The maximum absolute atomic E-state index is 11.2. The largest absolute Gasteiger partial charge is 0.480 e. The fraction of sp³-hybridized carbons (Fsp3) is 0.778. The number of hydrogen-bond acceptors (Lipinski definition) is 2. The minimum absolute atomic E-state index is 0.166. The first-order valence-corrected chi connectivity index (χ1v) is 5.71. The number of aliphatic carboxylic acids is 1. The number of likely N-dealkylation sites (N-methyl/N-ethyl adjacent to an activating group) is 1. The smallest absolute Gasteiger partial charge is 0.326 e. The summed E-state index contributed by atoms with van der Waals surface area (Å²) in [4.78, 5) is 23.4. The normalized spacial score (nSPS) is 12.2. The Kier molecular flexibility index (Phi) is 6.53. The predicted molar refractivity (Wildman–Crippen MR) is 57.5 cm³/mol. The highest BCUT2D eigenvalue weighted by Crippen LogP contribution is 2.08. The molecule has 0 aromatic heterocycles. The van der Waals surface area contributed by atoms with Crippen molar-refractivity contribution >= 4 is 27.8 Å². The molecule has 0 aliphatic rings. The molecule has 0 heterocycles. The van der Waals surface area contributed by atoms with E-state index in [-0.39, 0.29) is 11.2 Å². The van der Waals surface area contributed by atoms with E-state index >= 15 is 0 Å². The van der Waals surface area contributed by atoms with Crippen LogP contribution in [0.25, 0.3) is 0 Å². The number of unbranched alkanes of at least 4 members (excludes halogenated alkanes) is 1. The van der Waals surface area contributed by atoms with Gasteiger partial charge in [0.25, 0.3) is 0 Å². The molecule has 0 aliphatic carbocycles. The van der Waals surface area contributed by atoms with Crippen LogP contribution in [0.5, 0.6) is 0 Å². The number of alkyl halides is 1. The first-order valence-electron chi connectivity index (χ1n) is 4.59. The van der Waals surface area contributed by atoms with Gasteiger partial charge in [-0.3, -0.25) is 4.79 Å². The van der Waals surface area contributed by atoms with Crippen LogP contribution in [0.2, 0.25) is 0 Å². The maximum Gasteiger partial charge on any atom is 0.326 e. The molecule has 14 heavy (non-hydrogen) atoms. The van der Waals surface area contributed by atoms with Crippen molar-refractivity contribution in [3.8, 4) is 0 Å². The number of hydrogen-bond donors (Lipinski definition) is 1. The number of carboxylic acids is 1. The van der Waals surface area contributed by atoms with E-state index in [1.165, 1.54) is 11.9 Å². The molecule has 0 saturated carbocycles. The summed E-state index contributed by atoms with van der Waals surface area (Å²) < 4.78 is 0. The zero-order valence-electron chi connectivity index (χ0n) is 8.49. The average Bonchev–Trinajstić information content (AvgIpc) is 2.16. The minimum atomic E-state index is -0.935. The van der Waals surface area contributed by atoms with E-state index < -0.39 is 12.0 Å². The molecule has 1 amide bonds. The molecule has 1 unspecified atom stereocenters. The third-order valence-electron chi connectivity index (χ3n) is 2.09. The summed E-state index contributed by atoms with van der Waals surface area (Å²) in [6.07, 6.45) is 2.26. The lowest BCUT2D eigenvalue weighted by Crippen LogP contribution is -2.42. The molecule has 5 heteroatoms. The van der Waals surface area contributed by atoms with Crippen molar-refractivity contribution < 1.29 is 14.7 Å². The standard InChI is InChI=1S/C9H16BrNO3/c1-3-4-5-7(9(13)14)11(2)8(12)6-10/h7H,3-6H2,1-2H3,(H,13,14). The maximum atomic E-state index is 11.2. The Labute approximate surface area is 92.4 Å². The van der Waals surface area contributed by atoms with Gasteiger partial charge >= 0.3 is 5.97 Å². The molecule has 0 spiro atoms. The topological polar surface area (TPSA) is 57.6 Å². The molecule has 0 fully saturated rings. The average molecular weight is 266 g/mol. The van der Waals surface area contributed by atoms with Crippen molar-refractivity contribution in [2.75, 3.05) is 12.4 Å². The third-order valence-corrected chi connectivity index (χ3v) is 2.57. The number of amides is 1. The zero-order chi connectivity index (χ0) is 11.1. The molecule has 1 N–H and O–H groups in total. The number of carboxylic acid groups (broad SMARTS) is 1. The van der Waals surface area contributed by atoms with Crippen molar-refractivity contribution in [2.45, 2.75) is 32.2 Å². The summed E-state index contributed by atoms with van der Waals surface area (Å²) in [7, 11) is 1.53. The van der Waals surface area contributed by atoms with Gasteiger partial charge in [0, 0.05) is 7.05 Å². The molecule has 4 nitrogen and oxygen atoms in total. The van der Waals surface area contributed by atoms with Gasteiger partial charge in [0.05, 0.1) is 5.33 Å². The van der Waals surface area contributed by atoms with Gasteiger partial charge in [-0.05, 0) is 6.42 Å². The lowest BCUT2D eigenvalue weighted by Gasteiger charge is -2.23. The molecule has 0 bridgehead atoms. The summed E-state index contributed by atoms with van der Waals surface area (Å²) in [5, 5.41) is 9.07. The second kappa shape index (κ2) is 6.81. The van der Waals surface area contributed by atoms with Gasteiger partial charge in [-0.25, -0.2) is 4.79 Å². The number of carbonyl (C=O) groups excluding carboxylic acids is 1. The van der Waals surface area contributed by atoms with Crippen molar-refractivity contribution in [2.24, 2.45) is 0 Å². The Balaban J connectivity index is 4.32. The van der Waals surface area contributed by atoms with Gasteiger partial charge in [0.1, 0.15) is 6.04 Å². The molecule has 82 valence electrons. The van der Waals surface area contributed by atoms with Gasteiger partial charge in [0.15, 0.2) is 0 Å². The summed E-state index contributed by atoms with van der Waals surface area (Å²) in [5.41, 5.74) is 0. The summed E-state index contributed by atoms with van der Waals surface area (Å²) in [6, 6.07) is -0.694. The van der Waals surface area contributed by atoms with E-state index in [4.69, 9.17) is 5.11 Å². The summed E-state index contributed by atoms with van der Waals surface area (Å²) in [6.45, 7) is 1.99. The number of nitrogens with zero attached hydrogens (tertiary/aromatic N) is 1. The van der Waals surface area contributed by atoms with Crippen molar-refractivity contribution in [3.05, 3.63) is 0 Å². The van der Waals surface area contributed by atoms with Gasteiger partial charge in [0.2, 0.25) is 5.91 Å². The van der Waals surface area contributed by atoms with E-state index in [0.717, 1.165) is 12.8 Å². The van der Waals surface area contributed by atoms with Crippen LogP contribution in [-0.4, -0.2) is 40.3 Å². The van der Waals surface area contributed by atoms with Crippen LogP contribution in [0, 0.1) is 0 Å². The third kappa shape index (κ3) is 4.09. The molecule has 0 rings (SSSR count). The van der Waals surface area contributed by atoms with Crippen LogP contribution in [0.3, 0.4) is 0 Å². The summed E-state index contributed by atoms with van der Waals surface area (Å²) in [5.74, 6) is -1.14. The quantitative estimate of drug-likeness (QED) is 0.741. The highest BCUT2D eigenvalue weighted by atomic mass is 79.9. The Morgan fingerprint density at radius 1 is 1.50 bits per heavy atom. The molecule has 0 radical (unpaired) electrons. The van der Waals surface area contributed by atoms with Crippen LogP contribution >= 0.6 is 15.9 Å². The molecular formula is C9H16BrNO3. The highest BCUT2D eigenvalue weighted by molar-refractivity contribution is 9.09. The lowest BCUT2D eigenvalue weighted by atomic mass is 10.1. The Morgan fingerprint density at radius 2 is 2.07 bits per heavy atom. The van der Waals surface area contributed by atoms with E-state index in [0.29, 0.717) is 6.42 Å². The van der Waals surface area contributed by atoms with Crippen LogP contribution in [0.4, 0.5) is 0 Å². The molecular weight excluding hydrogens is 250 g/mol. The highest BCUT2D eigenvalue weighted by Gasteiger charge is 2.24. The van der Waals surface area contributed by atoms with Crippen molar-refractivity contribution in [1.29, 1.82) is 0 Å². The first kappa shape index (κ1) is 13.4. The number of halogens is 1. The number of rotatable bonds is 6. The molecule has 0 aromatic carbocycles. The summed E-state index contributed by atoms with van der Waals surface area (Å²) >= 11 is 3.02. The lowest BCUT2D eigenvalue weighted by molar-refractivity contribution is -0.148. The second-order valence-corrected chi connectivity index (χ2v) is 3.70. The van der Waals surface area contributed by atoms with Gasteiger partial charge in [-0.15, -0.1) is 0 Å². The first-order chi connectivity index (χ1) is 6.54. The molecule has 0 saturated heterocycles. The molecule has 0 aliphatic heterocycles. The minimum Gasteiger partial charge on any atom is -0.480 e. The fourth-order valence-electron chi connectivity index (χ4n) is 1.15. The molecule has 1 atom stereocenters. The van der Waals surface area contributed by atoms with E-state index in [9.17, 15) is 9.59 Å². The van der Waals surface area contributed by atoms with Gasteiger partial charge in [-0.2, -0.15) is 0 Å². The monoisotopic (exact) mass is 265 g/mol. The Hall–Kier alpha value is -0.580. The van der Waals surface area contributed by atoms with Crippen LogP contribution in [0.1, 0.15) is 26.2 Å². The number of carbonyl (C=O) groups is 2. The Bertz CT molecular complexity index is 208. The Morgan fingerprint density at radius 3 is 2.43 bits per heavy atom. The van der Waals surface area contributed by atoms with Gasteiger partial charge in [-0.1, -0.05) is 35.7 Å². The van der Waals surface area contributed by atoms with Gasteiger partial charge < -0.3 is 10.0 Å². The van der Waals surface area contributed by atoms with Crippen LogP contribution in [-0.2, 0) is 9.59 Å². The fourth-order valence-corrected chi connectivity index (χ4v) is 1.54. The SMILES string of the molecule is CCCCC(C(=O)O)N(C)C(=O)CBr. The van der Waals surface area contributed by atoms with E-state index in [1.807, 2.05) is 6.92 Å². The van der Waals surface area contributed by atoms with E-state index in [2.05, 4.69) is 15.9 Å². The van der Waals surface area contributed by atoms with Crippen molar-refractivity contribution in [3.63, 3.8) is 0 Å². The van der Waals surface area contributed by atoms with Crippen LogP contribution in [0.15, 0.2) is 0 Å².